The summed E-state index contributed by atoms with van der Waals surface area (Å²) in [6, 6.07) is 6.37. The Hall–Kier alpha value is -2.70. The Bertz CT molecular complexity index is 642. The molecule has 98 valence electrons. The quantitative estimate of drug-likeness (QED) is 0.638. The van der Waals surface area contributed by atoms with Gasteiger partial charge in [-0.25, -0.2) is 4.98 Å². The van der Waals surface area contributed by atoms with Crippen LogP contribution in [0.5, 0.6) is 0 Å². The fourth-order valence-electron chi connectivity index (χ4n) is 1.72. The van der Waals surface area contributed by atoms with Crippen molar-refractivity contribution in [3.8, 4) is 0 Å². The maximum atomic E-state index is 11.2. The maximum absolute atomic E-state index is 11.2. The lowest BCUT2D eigenvalue weighted by Gasteiger charge is -2.08. The van der Waals surface area contributed by atoms with E-state index in [9.17, 15) is 14.9 Å². The monoisotopic (exact) mass is 260 g/mol. The van der Waals surface area contributed by atoms with Gasteiger partial charge < -0.3 is 10.6 Å². The van der Waals surface area contributed by atoms with E-state index in [0.29, 0.717) is 16.6 Å². The van der Waals surface area contributed by atoms with Gasteiger partial charge in [0.1, 0.15) is 5.52 Å². The summed E-state index contributed by atoms with van der Waals surface area (Å²) in [4.78, 5) is 25.7. The van der Waals surface area contributed by atoms with Crippen molar-refractivity contribution in [1.82, 2.24) is 10.3 Å². The number of likely N-dealkylation sites (N-methyl/N-ethyl adjacent to an activating group) is 1. The zero-order valence-electron chi connectivity index (χ0n) is 10.2. The van der Waals surface area contributed by atoms with Crippen LogP contribution in [0.15, 0.2) is 30.5 Å². The molecule has 1 aromatic carbocycles. The van der Waals surface area contributed by atoms with Gasteiger partial charge in [0.25, 0.3) is 5.69 Å². The number of hydrogen-bond acceptors (Lipinski definition) is 5. The largest absolute Gasteiger partial charge is 0.376 e. The molecule has 0 radical (unpaired) electrons. The summed E-state index contributed by atoms with van der Waals surface area (Å²) in [6.45, 7) is 0.0955. The third-order valence-corrected chi connectivity index (χ3v) is 2.66. The van der Waals surface area contributed by atoms with Gasteiger partial charge in [0.2, 0.25) is 5.91 Å². The number of carbonyl (C=O) groups excluding carboxylic acids is 1. The fourth-order valence-corrected chi connectivity index (χ4v) is 1.72. The standard InChI is InChI=1S/C12H12N4O3/c1-13-11(17)7-15-9-4-5-10(16(18)19)12-8(9)3-2-6-14-12/h2-6,15H,7H2,1H3,(H,13,17). The Labute approximate surface area is 108 Å². The molecule has 0 aliphatic rings. The van der Waals surface area contributed by atoms with Gasteiger partial charge in [-0.2, -0.15) is 0 Å². The van der Waals surface area contributed by atoms with Gasteiger partial charge in [-0.1, -0.05) is 0 Å². The molecule has 1 aromatic heterocycles. The summed E-state index contributed by atoms with van der Waals surface area (Å²) in [6.07, 6.45) is 1.50. The molecule has 0 saturated heterocycles. The number of hydrogen-bond donors (Lipinski definition) is 2. The number of amides is 1. The summed E-state index contributed by atoms with van der Waals surface area (Å²) in [5.41, 5.74) is 0.882. The lowest BCUT2D eigenvalue weighted by molar-refractivity contribution is -0.383. The third kappa shape index (κ3) is 2.59. The molecule has 0 saturated carbocycles. The van der Waals surface area contributed by atoms with Crippen molar-refractivity contribution in [2.75, 3.05) is 18.9 Å². The number of anilines is 1. The van der Waals surface area contributed by atoms with Crippen molar-refractivity contribution in [2.45, 2.75) is 0 Å². The van der Waals surface area contributed by atoms with Crippen LogP contribution in [0, 0.1) is 10.1 Å². The molecule has 1 amide bonds. The van der Waals surface area contributed by atoms with E-state index >= 15 is 0 Å². The molecule has 0 aliphatic heterocycles. The molecule has 19 heavy (non-hydrogen) atoms. The predicted octanol–water partition coefficient (Wildman–Crippen LogP) is 1.30. The predicted molar refractivity (Wildman–Crippen MR) is 71.0 cm³/mol. The molecule has 0 bridgehead atoms. The van der Waals surface area contributed by atoms with Gasteiger partial charge in [0, 0.05) is 30.4 Å². The number of aromatic nitrogens is 1. The second-order valence-corrected chi connectivity index (χ2v) is 3.82. The highest BCUT2D eigenvalue weighted by atomic mass is 16.6. The van der Waals surface area contributed by atoms with Gasteiger partial charge in [0.05, 0.1) is 11.5 Å². The van der Waals surface area contributed by atoms with Crippen molar-refractivity contribution < 1.29 is 9.72 Å². The molecule has 0 atom stereocenters. The summed E-state index contributed by atoms with van der Waals surface area (Å²) < 4.78 is 0. The molecular formula is C12H12N4O3. The van der Waals surface area contributed by atoms with Gasteiger partial charge >= 0.3 is 0 Å². The second-order valence-electron chi connectivity index (χ2n) is 3.82. The number of carbonyl (C=O) groups is 1. The Kier molecular flexibility index (Phi) is 3.56. The molecule has 2 aromatic rings. The van der Waals surface area contributed by atoms with E-state index < -0.39 is 4.92 Å². The fraction of sp³-hybridized carbons (Fsp3) is 0.167. The highest BCUT2D eigenvalue weighted by molar-refractivity contribution is 5.97. The summed E-state index contributed by atoms with van der Waals surface area (Å²) in [5, 5.41) is 16.9. The zero-order chi connectivity index (χ0) is 13.8. The Morgan fingerprint density at radius 1 is 1.42 bits per heavy atom. The molecule has 0 aliphatic carbocycles. The minimum Gasteiger partial charge on any atom is -0.376 e. The third-order valence-electron chi connectivity index (χ3n) is 2.66. The number of nitrogens with one attached hydrogen (secondary N) is 2. The molecule has 2 N–H and O–H groups in total. The maximum Gasteiger partial charge on any atom is 0.295 e. The van der Waals surface area contributed by atoms with Crippen LogP contribution < -0.4 is 10.6 Å². The van der Waals surface area contributed by atoms with Crippen molar-refractivity contribution in [3.63, 3.8) is 0 Å². The van der Waals surface area contributed by atoms with Gasteiger partial charge in [0.15, 0.2) is 0 Å². The molecule has 1 heterocycles. The van der Waals surface area contributed by atoms with E-state index in [4.69, 9.17) is 0 Å². The first-order valence-corrected chi connectivity index (χ1v) is 5.60. The average molecular weight is 260 g/mol. The number of fused-ring (bicyclic) bond motifs is 1. The SMILES string of the molecule is CNC(=O)CNc1ccc([N+](=O)[O-])c2ncccc12. The number of rotatable bonds is 4. The molecule has 0 unspecified atom stereocenters. The van der Waals surface area contributed by atoms with E-state index in [1.807, 2.05) is 0 Å². The van der Waals surface area contributed by atoms with E-state index in [-0.39, 0.29) is 18.1 Å². The number of nitrogens with zero attached hydrogens (tertiary/aromatic N) is 2. The Balaban J connectivity index is 2.44. The Morgan fingerprint density at radius 3 is 2.89 bits per heavy atom. The smallest absolute Gasteiger partial charge is 0.295 e. The Morgan fingerprint density at radius 2 is 2.21 bits per heavy atom. The molecule has 7 nitrogen and oxygen atoms in total. The van der Waals surface area contributed by atoms with Crippen LogP contribution in [-0.2, 0) is 4.79 Å². The van der Waals surface area contributed by atoms with Crippen LogP contribution in [-0.4, -0.2) is 29.4 Å². The molecule has 2 rings (SSSR count). The first-order valence-electron chi connectivity index (χ1n) is 5.60. The number of pyridine rings is 1. The van der Waals surface area contributed by atoms with Crippen LogP contribution in [0.4, 0.5) is 11.4 Å². The van der Waals surface area contributed by atoms with Crippen molar-refractivity contribution in [2.24, 2.45) is 0 Å². The van der Waals surface area contributed by atoms with Crippen LogP contribution in [0.25, 0.3) is 10.9 Å². The van der Waals surface area contributed by atoms with E-state index in [1.165, 1.54) is 12.3 Å². The second kappa shape index (κ2) is 5.30. The topological polar surface area (TPSA) is 97.2 Å². The average Bonchev–Trinajstić information content (AvgIpc) is 2.43. The highest BCUT2D eigenvalue weighted by Gasteiger charge is 2.15. The summed E-state index contributed by atoms with van der Waals surface area (Å²) >= 11 is 0. The van der Waals surface area contributed by atoms with Crippen LogP contribution in [0.1, 0.15) is 0 Å². The highest BCUT2D eigenvalue weighted by Crippen LogP contribution is 2.29. The van der Waals surface area contributed by atoms with Crippen LogP contribution in [0.3, 0.4) is 0 Å². The normalized spacial score (nSPS) is 10.2. The van der Waals surface area contributed by atoms with E-state index in [0.717, 1.165) is 0 Å². The van der Waals surface area contributed by atoms with Gasteiger partial charge in [-0.15, -0.1) is 0 Å². The van der Waals surface area contributed by atoms with E-state index in [1.54, 1.807) is 25.2 Å². The minimum atomic E-state index is -0.474. The van der Waals surface area contributed by atoms with Crippen LogP contribution in [0.2, 0.25) is 0 Å². The van der Waals surface area contributed by atoms with E-state index in [2.05, 4.69) is 15.6 Å². The zero-order valence-corrected chi connectivity index (χ0v) is 10.2. The van der Waals surface area contributed by atoms with Gasteiger partial charge in [-0.3, -0.25) is 14.9 Å². The lowest BCUT2D eigenvalue weighted by atomic mass is 10.1. The first-order chi connectivity index (χ1) is 9.13. The molecular weight excluding hydrogens is 248 g/mol. The number of non-ortho nitro benzene ring substituents is 1. The summed E-state index contributed by atoms with van der Waals surface area (Å²) in [5.74, 6) is -0.171. The first kappa shape index (κ1) is 12.7. The minimum absolute atomic E-state index is 0.0545. The van der Waals surface area contributed by atoms with Crippen molar-refractivity contribution in [3.05, 3.63) is 40.6 Å². The molecule has 0 fully saturated rings. The number of nitro groups is 1. The van der Waals surface area contributed by atoms with Crippen LogP contribution >= 0.6 is 0 Å². The van der Waals surface area contributed by atoms with Crippen molar-refractivity contribution in [1.29, 1.82) is 0 Å². The number of benzene rings is 1. The summed E-state index contributed by atoms with van der Waals surface area (Å²) in [7, 11) is 1.54. The van der Waals surface area contributed by atoms with Crippen molar-refractivity contribution >= 4 is 28.2 Å². The molecule has 0 spiro atoms. The number of nitro benzene ring substituents is 1. The van der Waals surface area contributed by atoms with Gasteiger partial charge in [-0.05, 0) is 18.2 Å². The molecule has 7 heteroatoms. The lowest BCUT2D eigenvalue weighted by Crippen LogP contribution is -2.26.